The highest BCUT2D eigenvalue weighted by molar-refractivity contribution is 7.89. The lowest BCUT2D eigenvalue weighted by molar-refractivity contribution is -0.121. The van der Waals surface area contributed by atoms with Crippen molar-refractivity contribution in [2.24, 2.45) is 0 Å². The number of amides is 1. The van der Waals surface area contributed by atoms with Gasteiger partial charge in [0.2, 0.25) is 15.9 Å². The van der Waals surface area contributed by atoms with Crippen LogP contribution < -0.4 is 10.0 Å². The number of halogens is 2. The molecule has 0 spiro atoms. The van der Waals surface area contributed by atoms with Gasteiger partial charge in [0, 0.05) is 32.8 Å². The van der Waals surface area contributed by atoms with Gasteiger partial charge in [0.15, 0.2) is 0 Å². The fourth-order valence-corrected chi connectivity index (χ4v) is 2.65. The van der Waals surface area contributed by atoms with Gasteiger partial charge in [-0.2, -0.15) is 0 Å². The zero-order valence-electron chi connectivity index (χ0n) is 11.2. The van der Waals surface area contributed by atoms with Gasteiger partial charge in [-0.3, -0.25) is 4.79 Å². The average Bonchev–Trinajstić information content (AvgIpc) is 2.42. The number of nitrogens with one attached hydrogen (secondary N) is 2. The van der Waals surface area contributed by atoms with E-state index in [-0.39, 0.29) is 33.9 Å². The molecule has 0 aliphatic heterocycles. The molecule has 0 saturated carbocycles. The van der Waals surface area contributed by atoms with E-state index in [1.807, 2.05) is 0 Å². The molecule has 1 heterocycles. The van der Waals surface area contributed by atoms with Crippen molar-refractivity contribution >= 4 is 39.1 Å². The lowest BCUT2D eigenvalue weighted by Crippen LogP contribution is -2.32. The SMILES string of the molecule is COCCNC(=O)CCNS(=O)(=O)c1cnc(Cl)c(Cl)c1. The fraction of sp³-hybridized carbons (Fsp3) is 0.455. The largest absolute Gasteiger partial charge is 0.383 e. The molecule has 1 aromatic heterocycles. The van der Waals surface area contributed by atoms with Gasteiger partial charge in [0.1, 0.15) is 10.0 Å². The molecule has 0 atom stereocenters. The third-order valence-corrected chi connectivity index (χ3v) is 4.47. The minimum Gasteiger partial charge on any atom is -0.383 e. The van der Waals surface area contributed by atoms with Crippen molar-refractivity contribution in [1.82, 2.24) is 15.0 Å². The van der Waals surface area contributed by atoms with Crippen LogP contribution in [0.15, 0.2) is 17.2 Å². The van der Waals surface area contributed by atoms with E-state index in [2.05, 4.69) is 15.0 Å². The van der Waals surface area contributed by atoms with E-state index in [0.29, 0.717) is 13.2 Å². The number of sulfonamides is 1. The lowest BCUT2D eigenvalue weighted by atomic mass is 10.4. The maximum Gasteiger partial charge on any atom is 0.242 e. The predicted octanol–water partition coefficient (Wildman–Crippen LogP) is 0.819. The van der Waals surface area contributed by atoms with Gasteiger partial charge in [-0.15, -0.1) is 0 Å². The number of ether oxygens (including phenoxy) is 1. The fourth-order valence-electron chi connectivity index (χ4n) is 1.31. The Balaban J connectivity index is 2.50. The molecule has 7 nitrogen and oxygen atoms in total. The molecule has 1 aromatic rings. The zero-order valence-corrected chi connectivity index (χ0v) is 13.6. The van der Waals surface area contributed by atoms with Crippen molar-refractivity contribution in [3.05, 3.63) is 22.4 Å². The van der Waals surface area contributed by atoms with Crippen molar-refractivity contribution in [3.63, 3.8) is 0 Å². The Labute approximate surface area is 133 Å². The van der Waals surface area contributed by atoms with E-state index in [1.54, 1.807) is 0 Å². The lowest BCUT2D eigenvalue weighted by Gasteiger charge is -2.07. The van der Waals surface area contributed by atoms with Gasteiger partial charge in [-0.1, -0.05) is 23.2 Å². The Morgan fingerprint density at radius 2 is 2.10 bits per heavy atom. The van der Waals surface area contributed by atoms with E-state index in [1.165, 1.54) is 13.2 Å². The van der Waals surface area contributed by atoms with Crippen molar-refractivity contribution in [2.45, 2.75) is 11.3 Å². The number of carbonyl (C=O) groups excluding carboxylic acids is 1. The highest BCUT2D eigenvalue weighted by Gasteiger charge is 2.16. The van der Waals surface area contributed by atoms with Gasteiger partial charge in [-0.05, 0) is 6.07 Å². The second-order valence-corrected chi connectivity index (χ2v) is 6.47. The molecular formula is C11H15Cl2N3O4S. The Kier molecular flexibility index (Phi) is 7.33. The molecule has 1 rings (SSSR count). The van der Waals surface area contributed by atoms with Crippen LogP contribution >= 0.6 is 23.2 Å². The first-order valence-corrected chi connectivity index (χ1v) is 8.17. The maximum atomic E-state index is 11.9. The highest BCUT2D eigenvalue weighted by Crippen LogP contribution is 2.21. The van der Waals surface area contributed by atoms with E-state index in [0.717, 1.165) is 6.20 Å². The van der Waals surface area contributed by atoms with E-state index in [9.17, 15) is 13.2 Å². The van der Waals surface area contributed by atoms with Gasteiger partial charge >= 0.3 is 0 Å². The van der Waals surface area contributed by atoms with Crippen LogP contribution in [0.4, 0.5) is 0 Å². The standard InChI is InChI=1S/C11H15Cl2N3O4S/c1-20-5-4-14-10(17)2-3-16-21(18,19)8-6-9(12)11(13)15-7-8/h6-7,16H,2-5H2,1H3,(H,14,17). The molecule has 0 bridgehead atoms. The zero-order chi connectivity index (χ0) is 15.9. The Bertz CT molecular complexity index is 595. The van der Waals surface area contributed by atoms with Crippen molar-refractivity contribution < 1.29 is 17.9 Å². The number of pyridine rings is 1. The molecular weight excluding hydrogens is 341 g/mol. The number of methoxy groups -OCH3 is 1. The minimum atomic E-state index is -3.78. The Morgan fingerprint density at radius 3 is 2.71 bits per heavy atom. The van der Waals surface area contributed by atoms with Crippen LogP contribution in [0.2, 0.25) is 10.2 Å². The molecule has 0 saturated heterocycles. The second kappa shape index (κ2) is 8.50. The molecule has 118 valence electrons. The van der Waals surface area contributed by atoms with Crippen molar-refractivity contribution in [2.75, 3.05) is 26.8 Å². The van der Waals surface area contributed by atoms with E-state index in [4.69, 9.17) is 27.9 Å². The van der Waals surface area contributed by atoms with Crippen LogP contribution in [0.5, 0.6) is 0 Å². The van der Waals surface area contributed by atoms with Gasteiger partial charge in [-0.25, -0.2) is 18.1 Å². The number of carbonyl (C=O) groups is 1. The summed E-state index contributed by atoms with van der Waals surface area (Å²) in [5, 5.41) is 2.64. The first-order valence-electron chi connectivity index (χ1n) is 5.93. The molecule has 21 heavy (non-hydrogen) atoms. The predicted molar refractivity (Wildman–Crippen MR) is 78.9 cm³/mol. The third kappa shape index (κ3) is 6.15. The summed E-state index contributed by atoms with van der Waals surface area (Å²) in [5.74, 6) is -0.276. The maximum absolute atomic E-state index is 11.9. The van der Waals surface area contributed by atoms with E-state index >= 15 is 0 Å². The molecule has 0 fully saturated rings. The molecule has 10 heteroatoms. The Hall–Kier alpha value is -0.930. The summed E-state index contributed by atoms with van der Waals surface area (Å²) in [6, 6.07) is 1.19. The topological polar surface area (TPSA) is 97.4 Å². The molecule has 2 N–H and O–H groups in total. The van der Waals surface area contributed by atoms with Crippen molar-refractivity contribution in [1.29, 1.82) is 0 Å². The van der Waals surface area contributed by atoms with Crippen LogP contribution in [0.3, 0.4) is 0 Å². The summed E-state index contributed by atoms with van der Waals surface area (Å²) in [7, 11) is -2.26. The summed E-state index contributed by atoms with van der Waals surface area (Å²) < 4.78 is 30.9. The summed E-state index contributed by atoms with van der Waals surface area (Å²) in [4.78, 5) is 14.9. The first-order chi connectivity index (χ1) is 9.86. The summed E-state index contributed by atoms with van der Waals surface area (Å²) in [6.45, 7) is 0.729. The first kappa shape index (κ1) is 18.1. The quantitative estimate of drug-likeness (QED) is 0.531. The molecule has 0 aromatic carbocycles. The van der Waals surface area contributed by atoms with Crippen LogP contribution in [0, 0.1) is 0 Å². The molecule has 0 unspecified atom stereocenters. The molecule has 1 amide bonds. The number of rotatable bonds is 8. The van der Waals surface area contributed by atoms with E-state index < -0.39 is 10.0 Å². The summed E-state index contributed by atoms with van der Waals surface area (Å²) >= 11 is 11.3. The summed E-state index contributed by atoms with van der Waals surface area (Å²) in [6.07, 6.45) is 1.10. The normalized spacial score (nSPS) is 11.4. The third-order valence-electron chi connectivity index (χ3n) is 2.35. The van der Waals surface area contributed by atoms with Crippen LogP contribution in [0.1, 0.15) is 6.42 Å². The monoisotopic (exact) mass is 355 g/mol. The highest BCUT2D eigenvalue weighted by atomic mass is 35.5. The average molecular weight is 356 g/mol. The van der Waals surface area contributed by atoms with Gasteiger partial charge in [0.05, 0.1) is 11.6 Å². The number of aromatic nitrogens is 1. The number of hydrogen-bond donors (Lipinski definition) is 2. The van der Waals surface area contributed by atoms with Gasteiger partial charge < -0.3 is 10.1 Å². The Morgan fingerprint density at radius 1 is 1.38 bits per heavy atom. The molecule has 0 aliphatic carbocycles. The summed E-state index contributed by atoms with van der Waals surface area (Å²) in [5.41, 5.74) is 0. The molecule has 0 radical (unpaired) electrons. The van der Waals surface area contributed by atoms with Crippen LogP contribution in [0.25, 0.3) is 0 Å². The van der Waals surface area contributed by atoms with Crippen LogP contribution in [-0.4, -0.2) is 46.1 Å². The molecule has 0 aliphatic rings. The van der Waals surface area contributed by atoms with Crippen LogP contribution in [-0.2, 0) is 19.6 Å². The minimum absolute atomic E-state index is 0.0116. The van der Waals surface area contributed by atoms with Crippen molar-refractivity contribution in [3.8, 4) is 0 Å². The second-order valence-electron chi connectivity index (χ2n) is 3.93. The smallest absolute Gasteiger partial charge is 0.242 e. The number of hydrogen-bond acceptors (Lipinski definition) is 5. The van der Waals surface area contributed by atoms with Gasteiger partial charge in [0.25, 0.3) is 0 Å². The number of nitrogens with zero attached hydrogens (tertiary/aromatic N) is 1.